The predicted octanol–water partition coefficient (Wildman–Crippen LogP) is 1.02. The second-order valence-corrected chi connectivity index (χ2v) is 5.53. The lowest BCUT2D eigenvalue weighted by Crippen LogP contribution is -2.56. The van der Waals surface area contributed by atoms with Gasteiger partial charge in [0.25, 0.3) is 0 Å². The van der Waals surface area contributed by atoms with Crippen LogP contribution in [0.4, 0.5) is 0 Å². The molecule has 0 saturated carbocycles. The number of hydrogen-bond donors (Lipinski definition) is 2. The number of nitrogens with one attached hydrogen (secondary N) is 1. The highest BCUT2D eigenvalue weighted by atomic mass is 79.9. The molecule has 1 atom stereocenters. The quantitative estimate of drug-likeness (QED) is 0.876. The van der Waals surface area contributed by atoms with E-state index in [1.54, 1.807) is 0 Å². The number of carbonyl (C=O) groups excluding carboxylic acids is 1. The maximum Gasteiger partial charge on any atom is 0.236 e. The molecule has 1 aromatic carbocycles. The van der Waals surface area contributed by atoms with Crippen LogP contribution < -0.4 is 11.1 Å². The first-order valence-electron chi connectivity index (χ1n) is 6.07. The van der Waals surface area contributed by atoms with Crippen molar-refractivity contribution in [2.45, 2.75) is 19.5 Å². The number of carbonyl (C=O) groups is 1. The van der Waals surface area contributed by atoms with E-state index in [2.05, 4.69) is 45.2 Å². The first kappa shape index (κ1) is 13.5. The summed E-state index contributed by atoms with van der Waals surface area (Å²) in [7, 11) is 0. The summed E-state index contributed by atoms with van der Waals surface area (Å²) >= 11 is 3.49. The van der Waals surface area contributed by atoms with Crippen molar-refractivity contribution in [3.8, 4) is 0 Å². The number of nitrogens with zero attached hydrogens (tertiary/aromatic N) is 1. The van der Waals surface area contributed by atoms with Crippen LogP contribution in [0, 0.1) is 6.92 Å². The normalized spacial score (nSPS) is 20.9. The highest BCUT2D eigenvalue weighted by molar-refractivity contribution is 9.10. The second-order valence-electron chi connectivity index (χ2n) is 4.68. The molecule has 1 aliphatic heterocycles. The molecule has 1 amide bonds. The molecule has 4 nitrogen and oxygen atoms in total. The molecule has 2 rings (SSSR count). The Hall–Kier alpha value is -0.910. The number of benzene rings is 1. The first-order chi connectivity index (χ1) is 8.58. The molecule has 0 aromatic heterocycles. The molecule has 0 radical (unpaired) electrons. The van der Waals surface area contributed by atoms with Crippen molar-refractivity contribution in [1.29, 1.82) is 0 Å². The van der Waals surface area contributed by atoms with Gasteiger partial charge in [0.2, 0.25) is 5.91 Å². The number of rotatable bonds is 3. The molecule has 0 spiro atoms. The third kappa shape index (κ3) is 3.10. The Balaban J connectivity index is 2.10. The summed E-state index contributed by atoms with van der Waals surface area (Å²) in [6.45, 7) is 5.23. The fourth-order valence-corrected chi connectivity index (χ4v) is 2.50. The Kier molecular flexibility index (Phi) is 4.37. The molecule has 18 heavy (non-hydrogen) atoms. The smallest absolute Gasteiger partial charge is 0.236 e. The van der Waals surface area contributed by atoms with Gasteiger partial charge in [0.05, 0.1) is 0 Å². The van der Waals surface area contributed by atoms with Crippen molar-refractivity contribution in [3.05, 3.63) is 33.8 Å². The SMILES string of the molecule is Cc1cc(CN2CCNCC2C(N)=O)ccc1Br. The van der Waals surface area contributed by atoms with Crippen LogP contribution in [-0.4, -0.2) is 36.5 Å². The number of hydrogen-bond acceptors (Lipinski definition) is 3. The molecule has 1 saturated heterocycles. The van der Waals surface area contributed by atoms with Gasteiger partial charge in [-0.3, -0.25) is 9.69 Å². The summed E-state index contributed by atoms with van der Waals surface area (Å²) in [6.07, 6.45) is 0. The minimum atomic E-state index is -0.254. The molecule has 1 aliphatic rings. The summed E-state index contributed by atoms with van der Waals surface area (Å²) in [6, 6.07) is 6.07. The lowest BCUT2D eigenvalue weighted by Gasteiger charge is -2.34. The van der Waals surface area contributed by atoms with E-state index in [0.29, 0.717) is 6.54 Å². The number of aryl methyl sites for hydroxylation is 1. The molecular formula is C13H18BrN3O. The third-order valence-corrected chi connectivity index (χ3v) is 4.18. The maximum absolute atomic E-state index is 11.4. The molecule has 0 aliphatic carbocycles. The fourth-order valence-electron chi connectivity index (χ4n) is 2.26. The van der Waals surface area contributed by atoms with E-state index < -0.39 is 0 Å². The van der Waals surface area contributed by atoms with Gasteiger partial charge < -0.3 is 11.1 Å². The fraction of sp³-hybridized carbons (Fsp3) is 0.462. The zero-order valence-corrected chi connectivity index (χ0v) is 12.0. The minimum Gasteiger partial charge on any atom is -0.368 e. The second kappa shape index (κ2) is 5.82. The van der Waals surface area contributed by atoms with Crippen molar-refractivity contribution in [1.82, 2.24) is 10.2 Å². The van der Waals surface area contributed by atoms with Crippen LogP contribution in [0.5, 0.6) is 0 Å². The molecule has 1 aromatic rings. The summed E-state index contributed by atoms with van der Waals surface area (Å²) in [5, 5.41) is 3.20. The lowest BCUT2D eigenvalue weighted by atomic mass is 10.1. The van der Waals surface area contributed by atoms with Gasteiger partial charge in [-0.2, -0.15) is 0 Å². The van der Waals surface area contributed by atoms with Crippen molar-refractivity contribution < 1.29 is 4.79 Å². The van der Waals surface area contributed by atoms with Crippen LogP contribution in [0.25, 0.3) is 0 Å². The molecule has 0 bridgehead atoms. The van der Waals surface area contributed by atoms with E-state index >= 15 is 0 Å². The Morgan fingerprint density at radius 1 is 1.61 bits per heavy atom. The Morgan fingerprint density at radius 2 is 2.39 bits per heavy atom. The zero-order chi connectivity index (χ0) is 13.1. The van der Waals surface area contributed by atoms with Gasteiger partial charge in [-0.1, -0.05) is 28.1 Å². The summed E-state index contributed by atoms with van der Waals surface area (Å²) < 4.78 is 1.11. The van der Waals surface area contributed by atoms with Crippen LogP contribution in [0.2, 0.25) is 0 Å². The van der Waals surface area contributed by atoms with Crippen LogP contribution in [0.3, 0.4) is 0 Å². The average molecular weight is 312 g/mol. The average Bonchev–Trinajstić information content (AvgIpc) is 2.34. The first-order valence-corrected chi connectivity index (χ1v) is 6.86. The molecule has 1 heterocycles. The van der Waals surface area contributed by atoms with Crippen LogP contribution in [0.15, 0.2) is 22.7 Å². The van der Waals surface area contributed by atoms with Gasteiger partial charge in [-0.05, 0) is 24.1 Å². The van der Waals surface area contributed by atoms with Gasteiger partial charge in [-0.25, -0.2) is 0 Å². The number of primary amides is 1. The van der Waals surface area contributed by atoms with E-state index in [1.807, 2.05) is 6.07 Å². The van der Waals surface area contributed by atoms with Gasteiger partial charge in [-0.15, -0.1) is 0 Å². The van der Waals surface area contributed by atoms with Gasteiger partial charge in [0, 0.05) is 30.7 Å². The summed E-state index contributed by atoms with van der Waals surface area (Å²) in [5.41, 5.74) is 7.86. The Bertz CT molecular complexity index is 450. The third-order valence-electron chi connectivity index (χ3n) is 3.29. The van der Waals surface area contributed by atoms with E-state index in [0.717, 1.165) is 24.1 Å². The van der Waals surface area contributed by atoms with Crippen LogP contribution in [-0.2, 0) is 11.3 Å². The minimum absolute atomic E-state index is 0.206. The van der Waals surface area contributed by atoms with Crippen molar-refractivity contribution >= 4 is 21.8 Å². The van der Waals surface area contributed by atoms with Crippen molar-refractivity contribution in [2.24, 2.45) is 5.73 Å². The predicted molar refractivity (Wildman–Crippen MR) is 75.1 cm³/mol. The molecule has 98 valence electrons. The highest BCUT2D eigenvalue weighted by Gasteiger charge is 2.26. The highest BCUT2D eigenvalue weighted by Crippen LogP contribution is 2.19. The largest absolute Gasteiger partial charge is 0.368 e. The van der Waals surface area contributed by atoms with E-state index in [-0.39, 0.29) is 11.9 Å². The molecule has 3 N–H and O–H groups in total. The van der Waals surface area contributed by atoms with E-state index in [4.69, 9.17) is 5.73 Å². The monoisotopic (exact) mass is 311 g/mol. The number of amides is 1. The van der Waals surface area contributed by atoms with Crippen molar-refractivity contribution in [3.63, 3.8) is 0 Å². The van der Waals surface area contributed by atoms with Gasteiger partial charge in [0.15, 0.2) is 0 Å². The molecule has 1 fully saturated rings. The van der Waals surface area contributed by atoms with E-state index in [1.165, 1.54) is 11.1 Å². The summed E-state index contributed by atoms with van der Waals surface area (Å²) in [4.78, 5) is 13.5. The van der Waals surface area contributed by atoms with Gasteiger partial charge in [0.1, 0.15) is 6.04 Å². The molecule has 5 heteroatoms. The Morgan fingerprint density at radius 3 is 3.06 bits per heavy atom. The maximum atomic E-state index is 11.4. The lowest BCUT2D eigenvalue weighted by molar-refractivity contribution is -0.124. The van der Waals surface area contributed by atoms with Crippen molar-refractivity contribution in [2.75, 3.05) is 19.6 Å². The van der Waals surface area contributed by atoms with Gasteiger partial charge >= 0.3 is 0 Å². The Labute approximate surface area is 116 Å². The van der Waals surface area contributed by atoms with Crippen LogP contribution in [0.1, 0.15) is 11.1 Å². The standard InChI is InChI=1S/C13H18BrN3O/c1-9-6-10(2-3-11(9)14)8-17-5-4-16-7-12(17)13(15)18/h2-3,6,12,16H,4-5,7-8H2,1H3,(H2,15,18). The van der Waals surface area contributed by atoms with E-state index in [9.17, 15) is 4.79 Å². The molecule has 1 unspecified atom stereocenters. The zero-order valence-electron chi connectivity index (χ0n) is 10.4. The number of nitrogens with two attached hydrogens (primary N) is 1. The topological polar surface area (TPSA) is 58.4 Å². The number of piperazine rings is 1. The van der Waals surface area contributed by atoms with Crippen LogP contribution >= 0.6 is 15.9 Å². The summed E-state index contributed by atoms with van der Waals surface area (Å²) in [5.74, 6) is -0.254. The molecular weight excluding hydrogens is 294 g/mol. The number of halogens is 1.